The monoisotopic (exact) mass is 1130 g/mol. The predicted octanol–water partition coefficient (Wildman–Crippen LogP) is 6.14. The summed E-state index contributed by atoms with van der Waals surface area (Å²) in [5.41, 5.74) is -0.700. The molecular formula is C62H96N8O11. The summed E-state index contributed by atoms with van der Waals surface area (Å²) in [5, 5.41) is 17.1. The maximum absolute atomic E-state index is 14.7. The highest BCUT2D eigenvalue weighted by molar-refractivity contribution is 6.41. The third-order valence-corrected chi connectivity index (χ3v) is 15.7. The quantitative estimate of drug-likeness (QED) is 0.0487. The molecule has 2 heterocycles. The Morgan fingerprint density at radius 3 is 1.86 bits per heavy atom. The van der Waals surface area contributed by atoms with Gasteiger partial charge in [-0.2, -0.15) is 0 Å². The largest absolute Gasteiger partial charge is 0.361 e. The second-order valence-corrected chi connectivity index (χ2v) is 24.1. The lowest BCUT2D eigenvalue weighted by molar-refractivity contribution is -0.140. The van der Waals surface area contributed by atoms with Crippen LogP contribution in [0, 0.1) is 29.1 Å². The van der Waals surface area contributed by atoms with Crippen LogP contribution < -0.4 is 31.9 Å². The van der Waals surface area contributed by atoms with Crippen molar-refractivity contribution in [2.24, 2.45) is 29.1 Å². The van der Waals surface area contributed by atoms with E-state index in [0.717, 1.165) is 48.6 Å². The van der Waals surface area contributed by atoms with Crippen LogP contribution in [0.3, 0.4) is 0 Å². The summed E-state index contributed by atoms with van der Waals surface area (Å²) >= 11 is 0. The van der Waals surface area contributed by atoms with Gasteiger partial charge >= 0.3 is 0 Å². The summed E-state index contributed by atoms with van der Waals surface area (Å²) in [6.45, 7) is 17.9. The lowest BCUT2D eigenvalue weighted by Crippen LogP contribution is -2.61. The Kier molecular flexibility index (Phi) is 28.2. The van der Waals surface area contributed by atoms with Crippen molar-refractivity contribution in [3.05, 3.63) is 48.2 Å². The topological polar surface area (TPSA) is 279 Å². The average molecular weight is 1130 g/mol. The van der Waals surface area contributed by atoms with Gasteiger partial charge in [-0.05, 0) is 138 Å². The van der Waals surface area contributed by atoms with Gasteiger partial charge in [0.05, 0.1) is 18.6 Å². The van der Waals surface area contributed by atoms with Gasteiger partial charge < -0.3 is 41.8 Å². The van der Waals surface area contributed by atoms with Crippen LogP contribution in [0.4, 0.5) is 0 Å². The Hall–Kier alpha value is -6.21. The summed E-state index contributed by atoms with van der Waals surface area (Å²) in [6.07, 6.45) is 13.0. The second-order valence-electron chi connectivity index (χ2n) is 24.1. The number of rotatable bonds is 23. The molecular weight excluding hydrogens is 1030 g/mol. The SMILES string of the molecule is CC(=O)[C@@H](C)CN[C@@H](C)C(=O)C(=O)[C@H](C)NC(=O)C(C)NC(=O)[C@H](C)NC(=O)C(C)NC(=O)[C@]1(C)CCC/C=C/CCCCCC[C@@](C)(CC(=O)CN(C)C)C(=O)C[C@@H](Cc2c[nH]c3ccccc23)C(=O)CC[C@@H](CC(C)C)C(=O)N1. The first-order chi connectivity index (χ1) is 38.0. The molecule has 2 aromatic rings. The number of carbonyl (C=O) groups is 11. The van der Waals surface area contributed by atoms with Crippen molar-refractivity contribution in [3.8, 4) is 0 Å². The molecule has 19 heteroatoms. The number of nitrogens with zero attached hydrogens (tertiary/aromatic N) is 1. The van der Waals surface area contributed by atoms with Crippen molar-refractivity contribution >= 4 is 75.1 Å². The number of aromatic nitrogens is 1. The number of hydrogen-bond donors (Lipinski definition) is 7. The zero-order valence-electron chi connectivity index (χ0n) is 50.7. The number of ketones is 6. The van der Waals surface area contributed by atoms with Crippen molar-refractivity contribution < 1.29 is 52.7 Å². The van der Waals surface area contributed by atoms with Crippen molar-refractivity contribution in [1.82, 2.24) is 41.8 Å². The van der Waals surface area contributed by atoms with Crippen LogP contribution in [0.5, 0.6) is 0 Å². The number of amides is 5. The molecule has 10 atom stereocenters. The van der Waals surface area contributed by atoms with Gasteiger partial charge in [-0.25, -0.2) is 0 Å². The van der Waals surface area contributed by atoms with Crippen LogP contribution in [-0.4, -0.2) is 137 Å². The van der Waals surface area contributed by atoms with E-state index in [1.54, 1.807) is 18.7 Å². The molecule has 1 aliphatic rings. The Bertz CT molecular complexity index is 2550. The van der Waals surface area contributed by atoms with E-state index in [2.05, 4.69) is 43.0 Å². The molecule has 7 N–H and O–H groups in total. The van der Waals surface area contributed by atoms with Gasteiger partial charge in [0, 0.05) is 66.1 Å². The smallest absolute Gasteiger partial charge is 0.246 e. The molecule has 1 aromatic carbocycles. The molecule has 1 aromatic heterocycles. The van der Waals surface area contributed by atoms with Crippen molar-refractivity contribution in [2.75, 3.05) is 27.2 Å². The minimum absolute atomic E-state index is 0.0111. The fourth-order valence-corrected chi connectivity index (χ4v) is 10.1. The maximum Gasteiger partial charge on any atom is 0.246 e. The van der Waals surface area contributed by atoms with Crippen LogP contribution in [0.25, 0.3) is 10.9 Å². The van der Waals surface area contributed by atoms with Gasteiger partial charge in [-0.1, -0.05) is 77.3 Å². The Morgan fingerprint density at radius 2 is 1.26 bits per heavy atom. The number of fused-ring (bicyclic) bond motifs is 1. The third kappa shape index (κ3) is 22.6. The van der Waals surface area contributed by atoms with Crippen LogP contribution in [-0.2, 0) is 59.2 Å². The maximum atomic E-state index is 14.7. The summed E-state index contributed by atoms with van der Waals surface area (Å²) in [6, 6.07) is 2.05. The number of Topliss-reactive ketones (excluding diaryl/α,β-unsaturated/α-hetero) is 6. The summed E-state index contributed by atoms with van der Waals surface area (Å²) in [7, 11) is 3.64. The summed E-state index contributed by atoms with van der Waals surface area (Å²) in [4.78, 5) is 154. The molecule has 5 amide bonds. The van der Waals surface area contributed by atoms with Crippen molar-refractivity contribution in [2.45, 2.75) is 208 Å². The molecule has 0 saturated heterocycles. The van der Waals surface area contributed by atoms with E-state index in [4.69, 9.17) is 0 Å². The Balaban J connectivity index is 1.81. The first kappa shape index (κ1) is 69.1. The van der Waals surface area contributed by atoms with Crippen molar-refractivity contribution in [1.29, 1.82) is 0 Å². The van der Waals surface area contributed by atoms with Crippen molar-refractivity contribution in [3.63, 3.8) is 0 Å². The van der Waals surface area contributed by atoms with Crippen LogP contribution in [0.2, 0.25) is 0 Å². The van der Waals surface area contributed by atoms with Gasteiger partial charge in [0.15, 0.2) is 0 Å². The molecule has 19 nitrogen and oxygen atoms in total. The Morgan fingerprint density at radius 1 is 0.691 bits per heavy atom. The number of carbonyl (C=O) groups excluding carboxylic acids is 11. The number of para-hydroxylation sites is 1. The first-order valence-corrected chi connectivity index (χ1v) is 29.3. The zero-order valence-corrected chi connectivity index (χ0v) is 50.7. The van der Waals surface area contributed by atoms with E-state index < -0.39 is 94.1 Å². The van der Waals surface area contributed by atoms with Gasteiger partial charge in [0.1, 0.15) is 46.8 Å². The molecule has 3 rings (SSSR count). The number of nitrogens with one attached hydrogen (secondary N) is 7. The van der Waals surface area contributed by atoms with E-state index in [0.29, 0.717) is 25.7 Å². The fourth-order valence-electron chi connectivity index (χ4n) is 10.1. The number of allylic oxidation sites excluding steroid dienone is 2. The minimum Gasteiger partial charge on any atom is -0.361 e. The number of H-pyrrole nitrogens is 1. The third-order valence-electron chi connectivity index (χ3n) is 15.7. The van der Waals surface area contributed by atoms with Gasteiger partial charge in [0.2, 0.25) is 41.1 Å². The fraction of sp³-hybridized carbons (Fsp3) is 0.661. The van der Waals surface area contributed by atoms with E-state index in [-0.39, 0.29) is 86.6 Å². The molecule has 0 fully saturated rings. The van der Waals surface area contributed by atoms with Gasteiger partial charge in [-0.15, -0.1) is 0 Å². The summed E-state index contributed by atoms with van der Waals surface area (Å²) < 4.78 is 0. The van der Waals surface area contributed by atoms with Crippen LogP contribution in [0.1, 0.15) is 172 Å². The molecule has 450 valence electrons. The highest BCUT2D eigenvalue weighted by atomic mass is 16.2. The second kappa shape index (κ2) is 33.0. The zero-order chi connectivity index (χ0) is 60.8. The average Bonchev–Trinajstić information content (AvgIpc) is 3.80. The van der Waals surface area contributed by atoms with Gasteiger partial charge in [-0.3, -0.25) is 52.7 Å². The predicted molar refractivity (Wildman–Crippen MR) is 314 cm³/mol. The van der Waals surface area contributed by atoms with E-state index in [1.165, 1.54) is 41.5 Å². The molecule has 0 aliphatic carbocycles. The molecule has 81 heavy (non-hydrogen) atoms. The van der Waals surface area contributed by atoms with E-state index in [9.17, 15) is 52.7 Å². The lowest BCUT2D eigenvalue weighted by Gasteiger charge is -2.33. The molecule has 0 spiro atoms. The highest BCUT2D eigenvalue weighted by Crippen LogP contribution is 2.35. The van der Waals surface area contributed by atoms with Crippen LogP contribution >= 0.6 is 0 Å². The first-order valence-electron chi connectivity index (χ1n) is 29.3. The summed E-state index contributed by atoms with van der Waals surface area (Å²) in [5.74, 6) is -7.15. The van der Waals surface area contributed by atoms with E-state index in [1.807, 2.05) is 71.4 Å². The number of likely N-dealkylation sites (N-methyl/N-ethyl adjacent to an activating group) is 1. The minimum atomic E-state index is -1.52. The number of aromatic amines is 1. The molecule has 0 bridgehead atoms. The van der Waals surface area contributed by atoms with Gasteiger partial charge in [0.25, 0.3) is 0 Å². The molecule has 0 saturated carbocycles. The standard InChI is InChI=1S/C62H96N8O11/c1-38(2)31-46-27-28-52(73)47(32-48-36-64-51-26-22-21-25-50(48)51)33-53(74)61(10,34-49(72)37-70(12)13)29-23-19-17-15-14-16-18-20-24-30-62(11,69-59(46)80)60(81)68-44(8)58(79)67-43(7)57(78)66-42(6)56(77)65-41(5)55(76)54(75)40(4)63-35-39(3)45(9)71/h16,18,21-22,25-26,36,38-44,46-47,63-64H,14-15,17,19-20,23-24,27-35,37H2,1-13H3,(H,65,77)(H,66,78)(H,67,79)(H,68,81)(H,69,80)/b18-16+/t39-,40-,41-,42?,43-,44?,46-,47+,61-,62-/m0/s1. The molecule has 2 unspecified atom stereocenters. The normalized spacial score (nSPS) is 23.0. The number of benzene rings is 1. The van der Waals surface area contributed by atoms with Crippen LogP contribution in [0.15, 0.2) is 42.6 Å². The van der Waals surface area contributed by atoms with E-state index >= 15 is 0 Å². The highest BCUT2D eigenvalue weighted by Gasteiger charge is 2.40. The lowest BCUT2D eigenvalue weighted by atomic mass is 9.72. The molecule has 0 radical (unpaired) electrons. The number of hydrogen-bond acceptors (Lipinski definition) is 13. The Labute approximate surface area is 480 Å². The molecule has 1 aliphatic heterocycles.